The molecule has 0 unspecified atom stereocenters. The predicted molar refractivity (Wildman–Crippen MR) is 92.4 cm³/mol. The minimum atomic E-state index is -1.73. The van der Waals surface area contributed by atoms with Gasteiger partial charge in [0.05, 0.1) is 0 Å². The van der Waals surface area contributed by atoms with E-state index in [2.05, 4.69) is 17.0 Å². The number of carbonyl (C=O) groups excluding carboxylic acids is 2. The largest absolute Gasteiger partial charge is 0.454 e. The molecule has 25 heavy (non-hydrogen) atoms. The van der Waals surface area contributed by atoms with Gasteiger partial charge in [0.1, 0.15) is 6.10 Å². The molecule has 1 heterocycles. The molecule has 1 rings (SSSR count). The van der Waals surface area contributed by atoms with E-state index in [1.807, 2.05) is 0 Å². The fraction of sp³-hybridized carbons (Fsp3) is 0.778. The topological polar surface area (TPSA) is 116 Å². The van der Waals surface area contributed by atoms with Crippen molar-refractivity contribution in [2.45, 2.75) is 89.1 Å². The van der Waals surface area contributed by atoms with Crippen LogP contribution in [0.5, 0.6) is 0 Å². The number of hydrogen-bond donors (Lipinski definition) is 4. The Bertz CT molecular complexity index is 439. The quantitative estimate of drug-likeness (QED) is 0.308. The molecule has 1 fully saturated rings. The highest BCUT2D eigenvalue weighted by molar-refractivity contribution is 5.84. The molecule has 0 aromatic carbocycles. The van der Waals surface area contributed by atoms with Crippen LogP contribution >= 0.6 is 0 Å². The lowest BCUT2D eigenvalue weighted by Gasteiger charge is -2.18. The molecule has 4 atom stereocenters. The molecule has 0 radical (unpaired) electrons. The van der Waals surface area contributed by atoms with Crippen LogP contribution in [0.4, 0.5) is 0 Å². The number of aliphatic hydroxyl groups excluding tert-OH is 3. The molecule has 0 aliphatic carbocycles. The maximum Gasteiger partial charge on any atom is 0.338 e. The Morgan fingerprint density at radius 1 is 1.16 bits per heavy atom. The Labute approximate surface area is 149 Å². The van der Waals surface area contributed by atoms with Gasteiger partial charge in [-0.2, -0.15) is 0 Å². The lowest BCUT2D eigenvalue weighted by atomic mass is 10.1. The van der Waals surface area contributed by atoms with Crippen LogP contribution in [-0.4, -0.2) is 51.6 Å². The summed E-state index contributed by atoms with van der Waals surface area (Å²) in [5.74, 6) is -1.84. The fourth-order valence-electron chi connectivity index (χ4n) is 2.70. The maximum atomic E-state index is 11.8. The van der Waals surface area contributed by atoms with Crippen molar-refractivity contribution in [1.29, 1.82) is 0 Å². The van der Waals surface area contributed by atoms with Crippen LogP contribution < -0.4 is 5.32 Å². The van der Waals surface area contributed by atoms with Crippen molar-refractivity contribution in [3.63, 3.8) is 0 Å². The third-order valence-electron chi connectivity index (χ3n) is 4.30. The average molecular weight is 357 g/mol. The molecule has 0 aromatic heterocycles. The highest BCUT2D eigenvalue weighted by Crippen LogP contribution is 2.19. The Hall–Kier alpha value is -1.44. The van der Waals surface area contributed by atoms with E-state index >= 15 is 0 Å². The highest BCUT2D eigenvalue weighted by Gasteiger charge is 2.48. The number of nitrogens with one attached hydrogen (secondary N) is 1. The van der Waals surface area contributed by atoms with Crippen LogP contribution in [0.15, 0.2) is 12.3 Å². The number of carbonyl (C=O) groups is 2. The van der Waals surface area contributed by atoms with Crippen molar-refractivity contribution in [2.24, 2.45) is 0 Å². The number of rotatable bonds is 12. The molecule has 144 valence electrons. The first-order chi connectivity index (χ1) is 12.0. The number of ether oxygens (including phenoxy) is 1. The van der Waals surface area contributed by atoms with E-state index in [4.69, 9.17) is 0 Å². The summed E-state index contributed by atoms with van der Waals surface area (Å²) in [5, 5.41) is 31.0. The van der Waals surface area contributed by atoms with Crippen molar-refractivity contribution in [1.82, 2.24) is 5.32 Å². The third kappa shape index (κ3) is 7.54. The summed E-state index contributed by atoms with van der Waals surface area (Å²) >= 11 is 0. The van der Waals surface area contributed by atoms with E-state index in [1.54, 1.807) is 6.08 Å². The van der Waals surface area contributed by atoms with Gasteiger partial charge in [-0.05, 0) is 19.0 Å². The Morgan fingerprint density at radius 2 is 1.76 bits per heavy atom. The van der Waals surface area contributed by atoms with Gasteiger partial charge in [-0.3, -0.25) is 4.79 Å². The van der Waals surface area contributed by atoms with Gasteiger partial charge in [-0.1, -0.05) is 57.9 Å². The summed E-state index contributed by atoms with van der Waals surface area (Å²) in [5.41, 5.74) is 0. The van der Waals surface area contributed by atoms with Gasteiger partial charge < -0.3 is 25.4 Å². The minimum absolute atomic E-state index is 0.793. The number of cyclic esters (lactones) is 1. The van der Waals surface area contributed by atoms with E-state index in [9.17, 15) is 24.9 Å². The summed E-state index contributed by atoms with van der Waals surface area (Å²) < 4.78 is 4.60. The minimum Gasteiger partial charge on any atom is -0.454 e. The zero-order valence-corrected chi connectivity index (χ0v) is 14.9. The van der Waals surface area contributed by atoms with Gasteiger partial charge >= 0.3 is 5.97 Å². The molecule has 1 saturated heterocycles. The molecule has 1 amide bonds. The summed E-state index contributed by atoms with van der Waals surface area (Å²) in [7, 11) is 0. The molecule has 4 N–H and O–H groups in total. The average Bonchev–Trinajstić information content (AvgIpc) is 2.86. The highest BCUT2D eigenvalue weighted by atomic mass is 16.6. The second kappa shape index (κ2) is 12.0. The van der Waals surface area contributed by atoms with Gasteiger partial charge in [0, 0.05) is 0 Å². The molecule has 0 bridgehead atoms. The van der Waals surface area contributed by atoms with Gasteiger partial charge in [0.2, 0.25) is 0 Å². The molecular formula is C18H31NO6. The second-order valence-corrected chi connectivity index (χ2v) is 6.46. The van der Waals surface area contributed by atoms with Crippen molar-refractivity contribution in [2.75, 3.05) is 0 Å². The first-order valence-electron chi connectivity index (χ1n) is 9.19. The summed E-state index contributed by atoms with van der Waals surface area (Å²) in [4.78, 5) is 22.8. The Kier molecular flexibility index (Phi) is 10.4. The van der Waals surface area contributed by atoms with Crippen LogP contribution in [0, 0.1) is 0 Å². The molecule has 0 spiro atoms. The van der Waals surface area contributed by atoms with Gasteiger partial charge in [0.15, 0.2) is 18.3 Å². The summed E-state index contributed by atoms with van der Waals surface area (Å²) in [6, 6.07) is 0. The SMILES string of the molecule is CCCCCCCCCC/C=C/NC(=O)[C@H](O)[C@H]1OC(=O)[C@@H](O)[C@H]1O. The van der Waals surface area contributed by atoms with Crippen LogP contribution in [-0.2, 0) is 14.3 Å². The van der Waals surface area contributed by atoms with Gasteiger partial charge in [-0.25, -0.2) is 4.79 Å². The number of allylic oxidation sites excluding steroid dienone is 1. The van der Waals surface area contributed by atoms with Gasteiger partial charge in [0.25, 0.3) is 5.91 Å². The molecule has 1 aliphatic heterocycles. The predicted octanol–water partition coefficient (Wildman–Crippen LogP) is 1.16. The van der Waals surface area contributed by atoms with Crippen LogP contribution in [0.2, 0.25) is 0 Å². The first kappa shape index (κ1) is 21.6. The number of unbranched alkanes of at least 4 members (excludes halogenated alkanes) is 8. The van der Waals surface area contributed by atoms with Crippen molar-refractivity contribution in [3.8, 4) is 0 Å². The zero-order valence-electron chi connectivity index (χ0n) is 14.9. The number of hydrogen-bond acceptors (Lipinski definition) is 6. The van der Waals surface area contributed by atoms with Crippen LogP contribution in [0.25, 0.3) is 0 Å². The normalized spacial score (nSPS) is 24.5. The van der Waals surface area contributed by atoms with Gasteiger partial charge in [-0.15, -0.1) is 0 Å². The van der Waals surface area contributed by atoms with E-state index in [1.165, 1.54) is 44.7 Å². The molecule has 0 saturated carbocycles. The zero-order chi connectivity index (χ0) is 18.7. The molecule has 1 aliphatic rings. The number of esters is 1. The smallest absolute Gasteiger partial charge is 0.338 e. The lowest BCUT2D eigenvalue weighted by Crippen LogP contribution is -2.46. The summed E-state index contributed by atoms with van der Waals surface area (Å²) in [6.07, 6.45) is 7.37. The molecular weight excluding hydrogens is 326 g/mol. The van der Waals surface area contributed by atoms with E-state index in [0.29, 0.717) is 0 Å². The molecule has 0 aromatic rings. The third-order valence-corrected chi connectivity index (χ3v) is 4.30. The molecule has 7 heteroatoms. The number of aliphatic hydroxyl groups is 3. The standard InChI is InChI=1S/C18H31NO6/c1-2-3-4-5-6-7-8-9-10-11-12-19-17(23)15(22)16-13(20)14(21)18(24)25-16/h11-16,20-22H,2-10H2,1H3,(H,19,23)/b12-11+/t13-,14+,15-,16+/m1/s1. The maximum absolute atomic E-state index is 11.8. The summed E-state index contributed by atoms with van der Waals surface area (Å²) in [6.45, 7) is 2.20. The van der Waals surface area contributed by atoms with Crippen molar-refractivity contribution < 1.29 is 29.6 Å². The van der Waals surface area contributed by atoms with Crippen LogP contribution in [0.3, 0.4) is 0 Å². The van der Waals surface area contributed by atoms with E-state index in [-0.39, 0.29) is 0 Å². The first-order valence-corrected chi connectivity index (χ1v) is 9.19. The lowest BCUT2D eigenvalue weighted by molar-refractivity contribution is -0.153. The second-order valence-electron chi connectivity index (χ2n) is 6.46. The van der Waals surface area contributed by atoms with Crippen molar-refractivity contribution >= 4 is 11.9 Å². The monoisotopic (exact) mass is 357 g/mol. The Balaban J connectivity index is 2.11. The number of amides is 1. The fourth-order valence-corrected chi connectivity index (χ4v) is 2.70. The van der Waals surface area contributed by atoms with E-state index < -0.39 is 36.3 Å². The Morgan fingerprint density at radius 3 is 2.32 bits per heavy atom. The van der Waals surface area contributed by atoms with E-state index in [0.717, 1.165) is 19.3 Å². The van der Waals surface area contributed by atoms with Crippen LogP contribution in [0.1, 0.15) is 64.7 Å². The molecule has 7 nitrogen and oxygen atoms in total. The van der Waals surface area contributed by atoms with Crippen molar-refractivity contribution in [3.05, 3.63) is 12.3 Å².